The van der Waals surface area contributed by atoms with Gasteiger partial charge in [0.05, 0.1) is 26.2 Å². The summed E-state index contributed by atoms with van der Waals surface area (Å²) in [7, 11) is 0. The molecule has 7 N–H and O–H groups in total. The van der Waals surface area contributed by atoms with Crippen LogP contribution in [0, 0.1) is 0 Å². The number of carbonyl (C=O) groups is 2. The molecule has 0 radical (unpaired) electrons. The van der Waals surface area contributed by atoms with Crippen molar-refractivity contribution in [2.24, 2.45) is 0 Å². The molecule has 1 unspecified atom stereocenters. The minimum absolute atomic E-state index is 0. The Bertz CT molecular complexity index is 240. The Kier molecular flexibility index (Phi) is 26.0. The molecule has 0 spiro atoms. The average molecular weight is 373 g/mol. The van der Waals surface area contributed by atoms with Gasteiger partial charge in [0.1, 0.15) is 0 Å². The van der Waals surface area contributed by atoms with Crippen LogP contribution in [0.25, 0.3) is 0 Å². The van der Waals surface area contributed by atoms with Crippen molar-refractivity contribution >= 4 is 29.5 Å². The van der Waals surface area contributed by atoms with Gasteiger partial charge in [0, 0.05) is 19.6 Å². The number of rotatable bonds is 9. The maximum atomic E-state index is 9.72. The molecule has 0 rings (SSSR count). The van der Waals surface area contributed by atoms with Gasteiger partial charge in [-0.3, -0.25) is 9.69 Å². The SMILES string of the molecule is O=C(O)CC(O)C(=O)O.OCCN(CCO)CCO.[Ge+4].[OH-]. The van der Waals surface area contributed by atoms with E-state index in [-0.39, 0.29) is 42.9 Å². The summed E-state index contributed by atoms with van der Waals surface area (Å²) >= 11 is 0. The summed E-state index contributed by atoms with van der Waals surface area (Å²) in [5.74, 6) is -2.85. The van der Waals surface area contributed by atoms with E-state index in [0.717, 1.165) is 0 Å². The van der Waals surface area contributed by atoms with Crippen LogP contribution in [0.5, 0.6) is 0 Å². The van der Waals surface area contributed by atoms with Gasteiger partial charge in [-0.2, -0.15) is 0 Å². The van der Waals surface area contributed by atoms with Crippen LogP contribution in [0.3, 0.4) is 0 Å². The molecule has 0 aliphatic carbocycles. The van der Waals surface area contributed by atoms with Crippen molar-refractivity contribution in [2.45, 2.75) is 12.5 Å². The van der Waals surface area contributed by atoms with Crippen LogP contribution in [0.1, 0.15) is 6.42 Å². The predicted molar refractivity (Wildman–Crippen MR) is 71.3 cm³/mol. The zero-order valence-electron chi connectivity index (χ0n) is 11.4. The Hall–Kier alpha value is -0.757. The zero-order valence-corrected chi connectivity index (χ0v) is 13.5. The fourth-order valence-corrected chi connectivity index (χ4v) is 1.01. The molecule has 0 saturated heterocycles. The van der Waals surface area contributed by atoms with Gasteiger partial charge in [0.2, 0.25) is 0 Å². The molecule has 0 saturated carbocycles. The number of aliphatic hydroxyl groups excluding tert-OH is 4. The molecular formula is C10H22GeNO9+3. The largest absolute Gasteiger partial charge is 4.00 e. The van der Waals surface area contributed by atoms with Gasteiger partial charge in [-0.15, -0.1) is 0 Å². The van der Waals surface area contributed by atoms with E-state index < -0.39 is 24.5 Å². The number of aliphatic carboxylic acids is 2. The molecule has 0 heterocycles. The molecule has 1 atom stereocenters. The van der Waals surface area contributed by atoms with Gasteiger partial charge in [-0.05, 0) is 0 Å². The summed E-state index contributed by atoms with van der Waals surface area (Å²) < 4.78 is 0. The molecule has 10 nitrogen and oxygen atoms in total. The summed E-state index contributed by atoms with van der Waals surface area (Å²) in [6.45, 7) is 1.75. The number of hydrogen-bond acceptors (Lipinski definition) is 8. The Morgan fingerprint density at radius 1 is 0.905 bits per heavy atom. The Morgan fingerprint density at radius 2 is 1.24 bits per heavy atom. The van der Waals surface area contributed by atoms with Crippen molar-refractivity contribution in [2.75, 3.05) is 39.5 Å². The minimum atomic E-state index is -1.79. The molecule has 0 aromatic rings. The third-order valence-corrected chi connectivity index (χ3v) is 1.90. The predicted octanol–water partition coefficient (Wildman–Crippen LogP) is -3.39. The van der Waals surface area contributed by atoms with E-state index in [0.29, 0.717) is 19.6 Å². The Balaban J connectivity index is -0.000000126. The van der Waals surface area contributed by atoms with Crippen LogP contribution in [0.4, 0.5) is 0 Å². The van der Waals surface area contributed by atoms with Gasteiger partial charge in [-0.25, -0.2) is 4.79 Å². The smallest absolute Gasteiger partial charge is 0.870 e. The first-order valence-electron chi connectivity index (χ1n) is 5.56. The van der Waals surface area contributed by atoms with E-state index in [1.165, 1.54) is 0 Å². The van der Waals surface area contributed by atoms with Crippen molar-refractivity contribution < 1.29 is 45.7 Å². The van der Waals surface area contributed by atoms with Crippen LogP contribution in [0.15, 0.2) is 0 Å². The van der Waals surface area contributed by atoms with Crippen LogP contribution in [-0.2, 0) is 9.59 Å². The number of hydrogen-bond donors (Lipinski definition) is 6. The van der Waals surface area contributed by atoms with E-state index in [4.69, 9.17) is 30.6 Å². The van der Waals surface area contributed by atoms with Crippen molar-refractivity contribution in [3.05, 3.63) is 0 Å². The zero-order chi connectivity index (χ0) is 15.3. The van der Waals surface area contributed by atoms with Crippen molar-refractivity contribution in [1.29, 1.82) is 0 Å². The van der Waals surface area contributed by atoms with E-state index in [9.17, 15) is 9.59 Å². The molecule has 0 aliphatic rings. The number of carboxylic acids is 2. The van der Waals surface area contributed by atoms with E-state index in [1.54, 1.807) is 4.90 Å². The topological polar surface area (TPSA) is 189 Å². The minimum Gasteiger partial charge on any atom is -0.870 e. The fourth-order valence-electron chi connectivity index (χ4n) is 1.01. The normalized spacial score (nSPS) is 10.5. The standard InChI is InChI=1S/C6H15NO3.C4H6O5.Ge.H2O/c8-4-1-7(2-5-9)3-6-10;5-2(4(8)9)1-3(6)7;;/h8-10H,1-6H2;2,5H,1H2,(H,6,7)(H,8,9);;1H2/q;;+4;/p-1. The summed E-state index contributed by atoms with van der Waals surface area (Å²) in [6.07, 6.45) is -2.54. The quantitative estimate of drug-likeness (QED) is 0.222. The van der Waals surface area contributed by atoms with Crippen LogP contribution in [-0.4, -0.2) is 116 Å². The maximum absolute atomic E-state index is 9.72. The summed E-state index contributed by atoms with van der Waals surface area (Å²) in [6, 6.07) is 0. The average Bonchev–Trinajstić information content (AvgIpc) is 2.30. The van der Waals surface area contributed by atoms with E-state index in [2.05, 4.69) is 0 Å². The molecule has 0 fully saturated rings. The molecule has 0 aromatic carbocycles. The molecule has 0 bridgehead atoms. The molecule has 0 amide bonds. The number of carboxylic acid groups (broad SMARTS) is 2. The van der Waals surface area contributed by atoms with Gasteiger partial charge in [0.15, 0.2) is 6.10 Å². The van der Waals surface area contributed by atoms with Crippen molar-refractivity contribution in [3.63, 3.8) is 0 Å². The summed E-state index contributed by atoms with van der Waals surface area (Å²) in [5, 5.41) is 49.6. The molecule has 122 valence electrons. The second-order valence-corrected chi connectivity index (χ2v) is 3.46. The fraction of sp³-hybridized carbons (Fsp3) is 0.800. The first-order valence-corrected chi connectivity index (χ1v) is 5.56. The molecule has 0 aliphatic heterocycles. The Morgan fingerprint density at radius 3 is 1.38 bits per heavy atom. The van der Waals surface area contributed by atoms with Gasteiger partial charge >= 0.3 is 29.5 Å². The maximum Gasteiger partial charge on any atom is 4.00 e. The summed E-state index contributed by atoms with van der Waals surface area (Å²) in [5.41, 5.74) is 0. The molecule has 21 heavy (non-hydrogen) atoms. The molecular weight excluding hydrogens is 351 g/mol. The first kappa shape index (κ1) is 28.4. The van der Waals surface area contributed by atoms with Crippen LogP contribution in [0.2, 0.25) is 0 Å². The molecule has 0 aromatic heterocycles. The van der Waals surface area contributed by atoms with Crippen LogP contribution >= 0.6 is 0 Å². The Labute approximate surface area is 132 Å². The summed E-state index contributed by atoms with van der Waals surface area (Å²) in [4.78, 5) is 21.2. The third-order valence-electron chi connectivity index (χ3n) is 1.90. The van der Waals surface area contributed by atoms with E-state index >= 15 is 0 Å². The second kappa shape index (κ2) is 19.2. The van der Waals surface area contributed by atoms with Crippen LogP contribution < -0.4 is 0 Å². The molecule has 11 heteroatoms. The van der Waals surface area contributed by atoms with Gasteiger partial charge < -0.3 is 36.1 Å². The first-order chi connectivity index (χ1) is 8.88. The monoisotopic (exact) mass is 374 g/mol. The number of aliphatic hydroxyl groups is 4. The van der Waals surface area contributed by atoms with E-state index in [1.807, 2.05) is 0 Å². The van der Waals surface area contributed by atoms with Gasteiger partial charge in [-0.1, -0.05) is 0 Å². The number of nitrogens with zero attached hydrogens (tertiary/aromatic N) is 1. The third kappa shape index (κ3) is 21.7. The van der Waals surface area contributed by atoms with Gasteiger partial charge in [0.25, 0.3) is 0 Å². The second-order valence-electron chi connectivity index (χ2n) is 3.46. The van der Waals surface area contributed by atoms with Crippen molar-refractivity contribution in [1.82, 2.24) is 4.90 Å². The van der Waals surface area contributed by atoms with Crippen molar-refractivity contribution in [3.8, 4) is 0 Å².